The van der Waals surface area contributed by atoms with E-state index in [2.05, 4.69) is 0 Å². The number of hydrogen-bond donors (Lipinski definition) is 4. The Hall–Kier alpha value is -4.74. The van der Waals surface area contributed by atoms with Crippen LogP contribution in [0.25, 0.3) is 0 Å². The van der Waals surface area contributed by atoms with Crippen molar-refractivity contribution in [1.29, 1.82) is 0 Å². The maximum absolute atomic E-state index is 12.7. The highest BCUT2D eigenvalue weighted by atomic mass is 16.5. The molecule has 2 aliphatic rings. The molecule has 2 aliphatic carbocycles. The number of carbonyl (C=O) groups is 6. The van der Waals surface area contributed by atoms with Crippen molar-refractivity contribution >= 4 is 35.8 Å². The molecule has 0 bridgehead atoms. The lowest BCUT2D eigenvalue weighted by atomic mass is 9.54. The summed E-state index contributed by atoms with van der Waals surface area (Å²) in [7, 11) is 0. The molecule has 4 N–H and O–H groups in total. The Morgan fingerprint density at radius 3 is 0.904 bits per heavy atom. The lowest BCUT2D eigenvalue weighted by molar-refractivity contribution is -0.179. The van der Waals surface area contributed by atoms with Gasteiger partial charge in [0.15, 0.2) is 0 Å². The Morgan fingerprint density at radius 2 is 0.673 bits per heavy atom. The second kappa shape index (κ2) is 15.9. The highest BCUT2D eigenvalue weighted by molar-refractivity contribution is 5.85. The fraction of sp³-hybridized carbons (Fsp3) is 0.550. The van der Waals surface area contributed by atoms with Gasteiger partial charge in [0.05, 0.1) is 45.7 Å². The van der Waals surface area contributed by atoms with Crippen molar-refractivity contribution in [2.24, 2.45) is 32.5 Å². The first-order chi connectivity index (χ1) is 24.0. The molecule has 0 amide bonds. The highest BCUT2D eigenvalue weighted by Crippen LogP contribution is 2.56. The number of esters is 2. The summed E-state index contributed by atoms with van der Waals surface area (Å²) in [5.41, 5.74) is -5.43. The Kier molecular flexibility index (Phi) is 12.7. The summed E-state index contributed by atoms with van der Waals surface area (Å²) >= 11 is 0. The van der Waals surface area contributed by atoms with Gasteiger partial charge in [-0.2, -0.15) is 0 Å². The average molecular weight is 725 g/mol. The number of hydrogen-bond acceptors (Lipinski definition) is 8. The van der Waals surface area contributed by atoms with Crippen LogP contribution < -0.4 is 0 Å². The minimum atomic E-state index is -1.29. The molecular formula is C40H52O12. The largest absolute Gasteiger partial charge is 0.481 e. The van der Waals surface area contributed by atoms with Crippen LogP contribution in [-0.2, 0) is 51.1 Å². The van der Waals surface area contributed by atoms with E-state index in [1.165, 1.54) is 27.7 Å². The normalized spacial score (nSPS) is 31.2. The van der Waals surface area contributed by atoms with E-state index in [9.17, 15) is 49.2 Å². The molecule has 2 aromatic rings. The fourth-order valence-electron chi connectivity index (χ4n) is 8.60. The van der Waals surface area contributed by atoms with Crippen LogP contribution in [0.2, 0.25) is 0 Å². The Labute approximate surface area is 304 Å². The highest BCUT2D eigenvalue weighted by Gasteiger charge is 2.60. The van der Waals surface area contributed by atoms with Crippen molar-refractivity contribution in [2.75, 3.05) is 13.2 Å². The zero-order valence-electron chi connectivity index (χ0n) is 30.9. The SMILES string of the molecule is CC1(C(=O)OCCc2ccccc2)C[C@](C)(C(=O)O)C[C@](C)(C(=O)O)C1.CC1(C(=O)OCCc2ccccc2)C[C@](C)(C(=O)O)C[C@](C)(C(=O)O)C1. The van der Waals surface area contributed by atoms with Gasteiger partial charge < -0.3 is 29.9 Å². The molecule has 0 saturated heterocycles. The van der Waals surface area contributed by atoms with E-state index >= 15 is 0 Å². The van der Waals surface area contributed by atoms with Crippen LogP contribution in [0.3, 0.4) is 0 Å². The van der Waals surface area contributed by atoms with E-state index in [0.717, 1.165) is 11.1 Å². The van der Waals surface area contributed by atoms with Crippen molar-refractivity contribution in [3.63, 3.8) is 0 Å². The van der Waals surface area contributed by atoms with E-state index in [1.54, 1.807) is 13.8 Å². The third-order valence-electron chi connectivity index (χ3n) is 10.7. The van der Waals surface area contributed by atoms with Crippen molar-refractivity contribution < 1.29 is 58.7 Å². The number of ether oxygens (including phenoxy) is 2. The lowest BCUT2D eigenvalue weighted by Gasteiger charge is -2.47. The van der Waals surface area contributed by atoms with Gasteiger partial charge in [0, 0.05) is 12.8 Å². The smallest absolute Gasteiger partial charge is 0.311 e. The van der Waals surface area contributed by atoms with Crippen molar-refractivity contribution in [3.05, 3.63) is 71.8 Å². The summed E-state index contributed by atoms with van der Waals surface area (Å²) in [6, 6.07) is 19.1. The van der Waals surface area contributed by atoms with Gasteiger partial charge in [-0.25, -0.2) is 0 Å². The van der Waals surface area contributed by atoms with Gasteiger partial charge in [0.2, 0.25) is 0 Å². The van der Waals surface area contributed by atoms with Crippen LogP contribution in [-0.4, -0.2) is 69.5 Å². The quantitative estimate of drug-likeness (QED) is 0.179. The number of carboxylic acids is 4. The van der Waals surface area contributed by atoms with Crippen LogP contribution in [0, 0.1) is 32.5 Å². The number of aliphatic carboxylic acids is 4. The van der Waals surface area contributed by atoms with Gasteiger partial charge in [-0.1, -0.05) is 60.7 Å². The molecule has 0 heterocycles. The number of rotatable bonds is 12. The minimum absolute atomic E-state index is 0.0163. The van der Waals surface area contributed by atoms with Crippen LogP contribution in [0.4, 0.5) is 0 Å². The molecule has 2 unspecified atom stereocenters. The van der Waals surface area contributed by atoms with Gasteiger partial charge in [0.1, 0.15) is 0 Å². The molecule has 0 aromatic heterocycles. The Balaban J connectivity index is 0.000000280. The first kappa shape index (κ1) is 41.7. The van der Waals surface area contributed by atoms with Crippen molar-refractivity contribution in [2.45, 2.75) is 92.9 Å². The zero-order valence-corrected chi connectivity index (χ0v) is 30.9. The van der Waals surface area contributed by atoms with Crippen LogP contribution in [0.5, 0.6) is 0 Å². The van der Waals surface area contributed by atoms with Gasteiger partial charge in [-0.3, -0.25) is 28.8 Å². The minimum Gasteiger partial charge on any atom is -0.481 e. The second-order valence-electron chi connectivity index (χ2n) is 16.4. The first-order valence-corrected chi connectivity index (χ1v) is 17.4. The molecule has 4 rings (SSSR count). The van der Waals surface area contributed by atoms with E-state index in [0.29, 0.717) is 12.8 Å². The summed E-state index contributed by atoms with van der Waals surface area (Å²) in [6.45, 7) is 9.59. The predicted octanol–water partition coefficient (Wildman–Crippen LogP) is 6.29. The van der Waals surface area contributed by atoms with Gasteiger partial charge in [0.25, 0.3) is 0 Å². The van der Waals surface area contributed by atoms with Crippen LogP contribution >= 0.6 is 0 Å². The van der Waals surface area contributed by atoms with Crippen molar-refractivity contribution in [1.82, 2.24) is 0 Å². The number of benzene rings is 2. The molecule has 52 heavy (non-hydrogen) atoms. The molecule has 6 atom stereocenters. The summed E-state index contributed by atoms with van der Waals surface area (Å²) < 4.78 is 10.8. The average Bonchev–Trinajstić information content (AvgIpc) is 3.04. The lowest BCUT2D eigenvalue weighted by Crippen LogP contribution is -2.52. The molecule has 12 nitrogen and oxygen atoms in total. The standard InChI is InChI=1S/2C20H26O6/c2*1-18(15(21)22)11-19(2,16(23)24)13-20(3,12-18)17(25)26-10-9-14-7-5-4-6-8-14/h2*4-8H,9-13H2,1-3H3,(H,21,22)(H,23,24)/t2*18-,19+,20?. The molecule has 0 spiro atoms. The van der Waals surface area contributed by atoms with Crippen LogP contribution in [0.15, 0.2) is 60.7 Å². The number of carboxylic acid groups (broad SMARTS) is 4. The summed E-state index contributed by atoms with van der Waals surface area (Å²) in [4.78, 5) is 72.4. The summed E-state index contributed by atoms with van der Waals surface area (Å²) in [6.07, 6.45) is 1.30. The second-order valence-corrected chi connectivity index (χ2v) is 16.4. The van der Waals surface area contributed by atoms with E-state index < -0.39 is 68.3 Å². The molecule has 0 radical (unpaired) electrons. The molecule has 284 valence electrons. The molecule has 12 heteroatoms. The molecule has 2 fully saturated rings. The monoisotopic (exact) mass is 724 g/mol. The predicted molar refractivity (Wildman–Crippen MR) is 189 cm³/mol. The topological polar surface area (TPSA) is 202 Å². The number of carbonyl (C=O) groups excluding carboxylic acids is 2. The zero-order chi connectivity index (χ0) is 39.2. The van der Waals surface area contributed by atoms with Crippen LogP contribution in [0.1, 0.15) is 91.2 Å². The van der Waals surface area contributed by atoms with Gasteiger partial charge >= 0.3 is 35.8 Å². The summed E-state index contributed by atoms with van der Waals surface area (Å²) in [5, 5.41) is 38.4. The molecule has 2 saturated carbocycles. The van der Waals surface area contributed by atoms with E-state index in [4.69, 9.17) is 9.47 Å². The first-order valence-electron chi connectivity index (χ1n) is 17.4. The van der Waals surface area contributed by atoms with E-state index in [1.807, 2.05) is 60.7 Å². The molecular weight excluding hydrogens is 672 g/mol. The van der Waals surface area contributed by atoms with E-state index in [-0.39, 0.29) is 51.7 Å². The molecule has 0 aliphatic heterocycles. The molecule has 2 aromatic carbocycles. The fourth-order valence-corrected chi connectivity index (χ4v) is 8.60. The Bertz CT molecular complexity index is 1460. The Morgan fingerprint density at radius 1 is 0.442 bits per heavy atom. The third kappa shape index (κ3) is 9.77. The maximum atomic E-state index is 12.7. The summed E-state index contributed by atoms with van der Waals surface area (Å²) in [5.74, 6) is -5.43. The third-order valence-corrected chi connectivity index (χ3v) is 10.7. The van der Waals surface area contributed by atoms with Crippen molar-refractivity contribution in [3.8, 4) is 0 Å². The van der Waals surface area contributed by atoms with Gasteiger partial charge in [-0.15, -0.1) is 0 Å². The maximum Gasteiger partial charge on any atom is 0.311 e. The van der Waals surface area contributed by atoms with Gasteiger partial charge in [-0.05, 0) is 91.2 Å².